The molecule has 0 aliphatic heterocycles. The number of hydrazine groups is 1. The van der Waals surface area contributed by atoms with Gasteiger partial charge in [0.1, 0.15) is 11.6 Å². The molecule has 0 aromatic heterocycles. The van der Waals surface area contributed by atoms with Crippen molar-refractivity contribution in [2.75, 3.05) is 14.1 Å². The van der Waals surface area contributed by atoms with Crippen molar-refractivity contribution in [3.63, 3.8) is 0 Å². The molecular formula is C10H11F2N3. The second-order valence-electron chi connectivity index (χ2n) is 3.26. The molecule has 5 heteroatoms. The summed E-state index contributed by atoms with van der Waals surface area (Å²) in [5, 5.41) is 10.1. The van der Waals surface area contributed by atoms with Crippen LogP contribution in [0.1, 0.15) is 11.1 Å². The van der Waals surface area contributed by atoms with Gasteiger partial charge in [0.15, 0.2) is 0 Å². The number of hydrogen-bond donors (Lipinski definition) is 1. The van der Waals surface area contributed by atoms with Crippen LogP contribution in [0.3, 0.4) is 0 Å². The van der Waals surface area contributed by atoms with Gasteiger partial charge in [-0.1, -0.05) is 0 Å². The normalized spacial score (nSPS) is 10.4. The van der Waals surface area contributed by atoms with Crippen molar-refractivity contribution < 1.29 is 8.78 Å². The van der Waals surface area contributed by atoms with E-state index in [9.17, 15) is 8.78 Å². The number of nitrogens with one attached hydrogen (secondary N) is 1. The molecule has 1 N–H and O–H groups in total. The minimum absolute atomic E-state index is 0.0152. The van der Waals surface area contributed by atoms with Crippen molar-refractivity contribution in [3.8, 4) is 6.07 Å². The molecule has 1 aromatic carbocycles. The molecular weight excluding hydrogens is 200 g/mol. The summed E-state index contributed by atoms with van der Waals surface area (Å²) in [6, 6.07) is 3.74. The number of nitriles is 1. The summed E-state index contributed by atoms with van der Waals surface area (Å²) in [6.45, 7) is 0.0520. The van der Waals surface area contributed by atoms with Gasteiger partial charge in [0.2, 0.25) is 0 Å². The van der Waals surface area contributed by atoms with E-state index >= 15 is 0 Å². The molecule has 0 saturated heterocycles. The molecule has 1 rings (SSSR count). The average molecular weight is 211 g/mol. The van der Waals surface area contributed by atoms with Gasteiger partial charge >= 0.3 is 0 Å². The quantitative estimate of drug-likeness (QED) is 0.768. The lowest BCUT2D eigenvalue weighted by molar-refractivity contribution is 0.281. The van der Waals surface area contributed by atoms with E-state index in [-0.39, 0.29) is 17.7 Å². The standard InChI is InChI=1S/C10H11F2N3/c1-15(2)14-6-8-9(11)3-7(5-13)4-10(8)12/h3-4,14H,6H2,1-2H3. The predicted molar refractivity (Wildman–Crippen MR) is 51.6 cm³/mol. The van der Waals surface area contributed by atoms with E-state index in [0.717, 1.165) is 12.1 Å². The van der Waals surface area contributed by atoms with Crippen LogP contribution in [0.5, 0.6) is 0 Å². The SMILES string of the molecule is CN(C)NCc1c(F)cc(C#N)cc1F. The molecule has 0 aliphatic rings. The van der Waals surface area contributed by atoms with Crippen LogP contribution in [-0.2, 0) is 6.54 Å². The Labute approximate surface area is 86.9 Å². The fourth-order valence-electron chi connectivity index (χ4n) is 1.07. The number of nitrogens with zero attached hydrogens (tertiary/aromatic N) is 2. The van der Waals surface area contributed by atoms with Gasteiger partial charge in [-0.25, -0.2) is 8.78 Å². The van der Waals surface area contributed by atoms with Crippen LogP contribution in [0.4, 0.5) is 8.78 Å². The highest BCUT2D eigenvalue weighted by Gasteiger charge is 2.10. The van der Waals surface area contributed by atoms with Crippen molar-refractivity contribution in [2.45, 2.75) is 6.54 Å². The van der Waals surface area contributed by atoms with E-state index in [1.807, 2.05) is 0 Å². The first kappa shape index (κ1) is 11.6. The zero-order valence-corrected chi connectivity index (χ0v) is 8.51. The van der Waals surface area contributed by atoms with E-state index in [1.165, 1.54) is 0 Å². The first-order chi connectivity index (χ1) is 7.04. The van der Waals surface area contributed by atoms with E-state index in [0.29, 0.717) is 0 Å². The lowest BCUT2D eigenvalue weighted by Crippen LogP contribution is -2.30. The molecule has 0 fully saturated rings. The fourth-order valence-corrected chi connectivity index (χ4v) is 1.07. The van der Waals surface area contributed by atoms with E-state index in [1.54, 1.807) is 25.2 Å². The minimum atomic E-state index is -0.707. The molecule has 0 atom stereocenters. The topological polar surface area (TPSA) is 39.1 Å². The van der Waals surface area contributed by atoms with Crippen molar-refractivity contribution in [1.29, 1.82) is 5.26 Å². The molecule has 0 saturated carbocycles. The highest BCUT2D eigenvalue weighted by molar-refractivity contribution is 5.34. The lowest BCUT2D eigenvalue weighted by Gasteiger charge is -2.12. The van der Waals surface area contributed by atoms with E-state index < -0.39 is 11.6 Å². The molecule has 80 valence electrons. The first-order valence-electron chi connectivity index (χ1n) is 4.33. The third-order valence-electron chi connectivity index (χ3n) is 1.84. The van der Waals surface area contributed by atoms with Crippen LogP contribution in [0.15, 0.2) is 12.1 Å². The maximum atomic E-state index is 13.3. The summed E-state index contributed by atoms with van der Waals surface area (Å²) < 4.78 is 26.6. The van der Waals surface area contributed by atoms with Crippen LogP contribution < -0.4 is 5.43 Å². The van der Waals surface area contributed by atoms with Gasteiger partial charge in [-0.05, 0) is 12.1 Å². The summed E-state index contributed by atoms with van der Waals surface area (Å²) in [5.74, 6) is -1.41. The van der Waals surface area contributed by atoms with Gasteiger partial charge in [-0.15, -0.1) is 0 Å². The monoisotopic (exact) mass is 211 g/mol. The number of hydrogen-bond acceptors (Lipinski definition) is 3. The fraction of sp³-hybridized carbons (Fsp3) is 0.300. The van der Waals surface area contributed by atoms with Gasteiger partial charge in [0.25, 0.3) is 0 Å². The number of rotatable bonds is 3. The second kappa shape index (κ2) is 4.82. The second-order valence-corrected chi connectivity index (χ2v) is 3.26. The van der Waals surface area contributed by atoms with Crippen molar-refractivity contribution in [3.05, 3.63) is 34.9 Å². The van der Waals surface area contributed by atoms with Gasteiger partial charge in [-0.3, -0.25) is 10.4 Å². The van der Waals surface area contributed by atoms with E-state index in [2.05, 4.69) is 5.43 Å². The third kappa shape index (κ3) is 2.98. The van der Waals surface area contributed by atoms with Gasteiger partial charge in [0, 0.05) is 26.2 Å². The Morgan fingerprint density at radius 2 is 1.87 bits per heavy atom. The van der Waals surface area contributed by atoms with Crippen LogP contribution in [0.2, 0.25) is 0 Å². The summed E-state index contributed by atoms with van der Waals surface area (Å²) >= 11 is 0. The summed E-state index contributed by atoms with van der Waals surface area (Å²) in [6.07, 6.45) is 0. The average Bonchev–Trinajstić information content (AvgIpc) is 2.15. The Kier molecular flexibility index (Phi) is 3.72. The van der Waals surface area contributed by atoms with Crippen LogP contribution in [0, 0.1) is 23.0 Å². The Morgan fingerprint density at radius 3 is 2.27 bits per heavy atom. The number of halogens is 2. The molecule has 0 bridgehead atoms. The molecule has 0 unspecified atom stereocenters. The zero-order valence-electron chi connectivity index (χ0n) is 8.51. The molecule has 0 spiro atoms. The first-order valence-corrected chi connectivity index (χ1v) is 4.33. The summed E-state index contributed by atoms with van der Waals surface area (Å²) in [7, 11) is 3.44. The maximum Gasteiger partial charge on any atom is 0.131 e. The van der Waals surface area contributed by atoms with Crippen molar-refractivity contribution >= 4 is 0 Å². The smallest absolute Gasteiger partial charge is 0.131 e. The van der Waals surface area contributed by atoms with Crippen LogP contribution >= 0.6 is 0 Å². The molecule has 0 radical (unpaired) electrons. The van der Waals surface area contributed by atoms with Gasteiger partial charge in [-0.2, -0.15) is 5.26 Å². The van der Waals surface area contributed by atoms with Crippen LogP contribution in [0.25, 0.3) is 0 Å². The van der Waals surface area contributed by atoms with Crippen molar-refractivity contribution in [1.82, 2.24) is 10.4 Å². The Morgan fingerprint density at radius 1 is 1.33 bits per heavy atom. The van der Waals surface area contributed by atoms with Gasteiger partial charge < -0.3 is 0 Å². The van der Waals surface area contributed by atoms with E-state index in [4.69, 9.17) is 5.26 Å². The molecule has 15 heavy (non-hydrogen) atoms. The molecule has 0 aliphatic carbocycles. The van der Waals surface area contributed by atoms with Crippen molar-refractivity contribution in [2.24, 2.45) is 0 Å². The molecule has 0 heterocycles. The number of benzene rings is 1. The Bertz CT molecular complexity index is 373. The highest BCUT2D eigenvalue weighted by atomic mass is 19.1. The zero-order chi connectivity index (χ0) is 11.4. The minimum Gasteiger partial charge on any atom is -0.251 e. The molecule has 1 aromatic rings. The summed E-state index contributed by atoms with van der Waals surface area (Å²) in [5.41, 5.74) is 2.67. The molecule has 3 nitrogen and oxygen atoms in total. The molecule has 0 amide bonds. The highest BCUT2D eigenvalue weighted by Crippen LogP contribution is 2.14. The van der Waals surface area contributed by atoms with Gasteiger partial charge in [0.05, 0.1) is 11.6 Å². The third-order valence-corrected chi connectivity index (χ3v) is 1.84. The maximum absolute atomic E-state index is 13.3. The summed E-state index contributed by atoms with van der Waals surface area (Å²) in [4.78, 5) is 0. The van der Waals surface area contributed by atoms with Crippen LogP contribution in [-0.4, -0.2) is 19.1 Å². The predicted octanol–water partition coefficient (Wildman–Crippen LogP) is 1.40. The lowest BCUT2D eigenvalue weighted by atomic mass is 10.1. The largest absolute Gasteiger partial charge is 0.251 e. The Hall–Kier alpha value is -1.51. The Balaban J connectivity index is 2.94.